The second-order valence-electron chi connectivity index (χ2n) is 5.96. The number of aromatic nitrogens is 3. The molecule has 0 atom stereocenters. The maximum Gasteiger partial charge on any atom is 0.256 e. The Hall–Kier alpha value is -3.19. The van der Waals surface area contributed by atoms with Gasteiger partial charge in [0.1, 0.15) is 11.6 Å². The number of aromatic amines is 1. The minimum absolute atomic E-state index is 0.152. The van der Waals surface area contributed by atoms with E-state index in [0.29, 0.717) is 28.5 Å². The number of hydrogen-bond donors (Lipinski definition) is 3. The fraction of sp³-hybridized carbons (Fsp3) is 0.158. The first-order valence-corrected chi connectivity index (χ1v) is 8.71. The van der Waals surface area contributed by atoms with E-state index in [9.17, 15) is 9.59 Å². The summed E-state index contributed by atoms with van der Waals surface area (Å²) in [4.78, 5) is 35.8. The number of H-pyrrole nitrogens is 1. The maximum atomic E-state index is 12.3. The van der Waals surface area contributed by atoms with Crippen molar-refractivity contribution in [1.82, 2.24) is 15.0 Å². The molecule has 0 radical (unpaired) electrons. The van der Waals surface area contributed by atoms with Gasteiger partial charge in [0, 0.05) is 42.2 Å². The van der Waals surface area contributed by atoms with Gasteiger partial charge in [-0.25, -0.2) is 9.97 Å². The number of imidazole rings is 1. The van der Waals surface area contributed by atoms with Gasteiger partial charge in [0.25, 0.3) is 5.91 Å². The summed E-state index contributed by atoms with van der Waals surface area (Å²) in [6.07, 6.45) is 3.99. The van der Waals surface area contributed by atoms with Crippen molar-refractivity contribution in [2.24, 2.45) is 0 Å². The molecule has 2 aromatic heterocycles. The van der Waals surface area contributed by atoms with Crippen molar-refractivity contribution < 1.29 is 9.59 Å². The van der Waals surface area contributed by atoms with Gasteiger partial charge in [-0.2, -0.15) is 0 Å². The van der Waals surface area contributed by atoms with Crippen LogP contribution in [0.4, 0.5) is 11.5 Å². The molecule has 3 aromatic rings. The molecule has 0 aliphatic rings. The first kappa shape index (κ1) is 18.6. The van der Waals surface area contributed by atoms with E-state index >= 15 is 0 Å². The van der Waals surface area contributed by atoms with Gasteiger partial charge in [-0.1, -0.05) is 17.7 Å². The molecule has 1 aromatic carbocycles. The van der Waals surface area contributed by atoms with Crippen LogP contribution in [0.3, 0.4) is 0 Å². The van der Waals surface area contributed by atoms with E-state index in [-0.39, 0.29) is 18.2 Å². The lowest BCUT2D eigenvalue weighted by atomic mass is 10.2. The van der Waals surface area contributed by atoms with Gasteiger partial charge in [0.05, 0.1) is 5.02 Å². The van der Waals surface area contributed by atoms with Crippen LogP contribution in [0.5, 0.6) is 0 Å². The summed E-state index contributed by atoms with van der Waals surface area (Å²) >= 11 is 5.78. The third kappa shape index (κ3) is 5.39. The van der Waals surface area contributed by atoms with E-state index in [1.165, 1.54) is 6.20 Å². The predicted molar refractivity (Wildman–Crippen MR) is 104 cm³/mol. The SMILES string of the molecule is Cc1cnc(CCC(=O)Nc2cccc(C(=O)Nc3ccc(Cl)cn3)c2)[nH]1. The fourth-order valence-corrected chi connectivity index (χ4v) is 2.54. The summed E-state index contributed by atoms with van der Waals surface area (Å²) < 4.78 is 0. The molecule has 138 valence electrons. The van der Waals surface area contributed by atoms with Crippen LogP contribution in [-0.4, -0.2) is 26.8 Å². The number of carbonyl (C=O) groups excluding carboxylic acids is 2. The van der Waals surface area contributed by atoms with Gasteiger partial charge in [-0.15, -0.1) is 0 Å². The highest BCUT2D eigenvalue weighted by molar-refractivity contribution is 6.30. The Morgan fingerprint density at radius 3 is 2.67 bits per heavy atom. The van der Waals surface area contributed by atoms with Crippen LogP contribution < -0.4 is 10.6 Å². The summed E-state index contributed by atoms with van der Waals surface area (Å²) in [6, 6.07) is 9.96. The number of carbonyl (C=O) groups is 2. The molecule has 0 saturated heterocycles. The van der Waals surface area contributed by atoms with Gasteiger partial charge in [0.2, 0.25) is 5.91 Å². The standard InChI is InChI=1S/C19H18ClN5O2/c1-12-10-21-16(23-12)7-8-18(26)24-15-4-2-3-13(9-15)19(27)25-17-6-5-14(20)11-22-17/h2-6,9-11H,7-8H2,1H3,(H,21,23)(H,24,26)(H,22,25,27). The smallest absolute Gasteiger partial charge is 0.256 e. The number of nitrogens with one attached hydrogen (secondary N) is 3. The van der Waals surface area contributed by atoms with E-state index in [1.54, 1.807) is 42.6 Å². The first-order valence-electron chi connectivity index (χ1n) is 8.33. The van der Waals surface area contributed by atoms with Crippen molar-refractivity contribution in [2.45, 2.75) is 19.8 Å². The molecular formula is C19H18ClN5O2. The molecule has 2 heterocycles. The minimum Gasteiger partial charge on any atom is -0.346 e. The average molecular weight is 384 g/mol. The van der Waals surface area contributed by atoms with E-state index in [0.717, 1.165) is 11.5 Å². The number of rotatable bonds is 6. The van der Waals surface area contributed by atoms with E-state index in [4.69, 9.17) is 11.6 Å². The molecule has 3 rings (SSSR count). The van der Waals surface area contributed by atoms with Crippen molar-refractivity contribution in [3.8, 4) is 0 Å². The molecule has 3 N–H and O–H groups in total. The van der Waals surface area contributed by atoms with Crippen molar-refractivity contribution in [1.29, 1.82) is 0 Å². The number of anilines is 2. The Kier molecular flexibility index (Phi) is 5.83. The molecule has 0 unspecified atom stereocenters. The molecule has 2 amide bonds. The second kappa shape index (κ2) is 8.46. The number of halogens is 1. The number of nitrogens with zero attached hydrogens (tertiary/aromatic N) is 2. The fourth-order valence-electron chi connectivity index (χ4n) is 2.43. The molecule has 27 heavy (non-hydrogen) atoms. The third-order valence-corrected chi connectivity index (χ3v) is 3.95. The summed E-state index contributed by atoms with van der Waals surface area (Å²) in [7, 11) is 0. The molecule has 0 aliphatic carbocycles. The Morgan fingerprint density at radius 2 is 1.96 bits per heavy atom. The highest BCUT2D eigenvalue weighted by Crippen LogP contribution is 2.14. The van der Waals surface area contributed by atoms with Crippen molar-refractivity contribution in [3.05, 3.63) is 70.9 Å². The molecule has 0 saturated carbocycles. The van der Waals surface area contributed by atoms with Crippen LogP contribution in [0.1, 0.15) is 28.3 Å². The zero-order valence-electron chi connectivity index (χ0n) is 14.6. The number of pyridine rings is 1. The van der Waals surface area contributed by atoms with E-state index in [1.807, 2.05) is 6.92 Å². The van der Waals surface area contributed by atoms with Gasteiger partial charge < -0.3 is 15.6 Å². The maximum absolute atomic E-state index is 12.3. The second-order valence-corrected chi connectivity index (χ2v) is 6.39. The van der Waals surface area contributed by atoms with Crippen LogP contribution >= 0.6 is 11.6 Å². The highest BCUT2D eigenvalue weighted by atomic mass is 35.5. The number of amides is 2. The molecule has 8 heteroatoms. The van der Waals surface area contributed by atoms with Crippen LogP contribution in [-0.2, 0) is 11.2 Å². The van der Waals surface area contributed by atoms with Crippen molar-refractivity contribution >= 4 is 34.9 Å². The van der Waals surface area contributed by atoms with Crippen LogP contribution in [0.2, 0.25) is 5.02 Å². The molecule has 0 fully saturated rings. The van der Waals surface area contributed by atoms with E-state index in [2.05, 4.69) is 25.6 Å². The minimum atomic E-state index is -0.327. The molecule has 7 nitrogen and oxygen atoms in total. The largest absolute Gasteiger partial charge is 0.346 e. The normalized spacial score (nSPS) is 10.4. The first-order chi connectivity index (χ1) is 13.0. The molecule has 0 aliphatic heterocycles. The van der Waals surface area contributed by atoms with E-state index < -0.39 is 0 Å². The topological polar surface area (TPSA) is 99.8 Å². The number of benzene rings is 1. The monoisotopic (exact) mass is 383 g/mol. The van der Waals surface area contributed by atoms with Crippen molar-refractivity contribution in [2.75, 3.05) is 10.6 Å². The summed E-state index contributed by atoms with van der Waals surface area (Å²) in [6.45, 7) is 1.91. The summed E-state index contributed by atoms with van der Waals surface area (Å²) in [5.41, 5.74) is 1.91. The summed E-state index contributed by atoms with van der Waals surface area (Å²) in [5.74, 6) is 0.687. The predicted octanol–water partition coefficient (Wildman–Crippen LogP) is 3.59. The molecule has 0 spiro atoms. The molecule has 0 bridgehead atoms. The summed E-state index contributed by atoms with van der Waals surface area (Å²) in [5, 5.41) is 5.96. The Morgan fingerprint density at radius 1 is 1.11 bits per heavy atom. The lowest BCUT2D eigenvalue weighted by molar-refractivity contribution is -0.116. The Bertz CT molecular complexity index is 953. The lowest BCUT2D eigenvalue weighted by Crippen LogP contribution is -2.15. The van der Waals surface area contributed by atoms with Crippen LogP contribution in [0.25, 0.3) is 0 Å². The number of aryl methyl sites for hydroxylation is 2. The van der Waals surface area contributed by atoms with Gasteiger partial charge >= 0.3 is 0 Å². The van der Waals surface area contributed by atoms with Crippen molar-refractivity contribution in [3.63, 3.8) is 0 Å². The zero-order valence-corrected chi connectivity index (χ0v) is 15.4. The molecular weight excluding hydrogens is 366 g/mol. The van der Waals surface area contributed by atoms with Crippen LogP contribution in [0, 0.1) is 6.92 Å². The Labute approximate surface area is 161 Å². The van der Waals surface area contributed by atoms with Gasteiger partial charge in [-0.05, 0) is 37.3 Å². The lowest BCUT2D eigenvalue weighted by Gasteiger charge is -2.08. The van der Waals surface area contributed by atoms with Gasteiger partial charge in [0.15, 0.2) is 0 Å². The Balaban J connectivity index is 1.58. The quantitative estimate of drug-likeness (QED) is 0.605. The van der Waals surface area contributed by atoms with Gasteiger partial charge in [-0.3, -0.25) is 9.59 Å². The highest BCUT2D eigenvalue weighted by Gasteiger charge is 2.10. The third-order valence-electron chi connectivity index (χ3n) is 3.72. The number of hydrogen-bond acceptors (Lipinski definition) is 4. The average Bonchev–Trinajstić information content (AvgIpc) is 3.07. The van der Waals surface area contributed by atoms with Crippen LogP contribution in [0.15, 0.2) is 48.8 Å². The zero-order chi connectivity index (χ0) is 19.2.